The first-order chi connectivity index (χ1) is 4.79. The number of aliphatic hydroxyl groups is 1. The Morgan fingerprint density at radius 2 is 2.00 bits per heavy atom. The number of aliphatic hydroxyl groups excluding tert-OH is 1. The predicted molar refractivity (Wildman–Crippen MR) is 41.4 cm³/mol. The van der Waals surface area contributed by atoms with Crippen molar-refractivity contribution in [3.8, 4) is 0 Å². The van der Waals surface area contributed by atoms with E-state index >= 15 is 0 Å². The van der Waals surface area contributed by atoms with Gasteiger partial charge in [0.25, 0.3) is 0 Å². The average Bonchev–Trinajstić information content (AvgIpc) is 2.34. The summed E-state index contributed by atoms with van der Waals surface area (Å²) in [6, 6.07) is 0. The molecule has 0 aromatic heterocycles. The molecule has 5 radical (unpaired) electrons. The van der Waals surface area contributed by atoms with Crippen LogP contribution in [0.15, 0.2) is 0 Å². The molecule has 1 N–H and O–H groups in total. The summed E-state index contributed by atoms with van der Waals surface area (Å²) in [6.07, 6.45) is 9.91. The molecule has 1 nitrogen and oxygen atoms in total. The summed E-state index contributed by atoms with van der Waals surface area (Å²) < 4.78 is 0. The maximum atomic E-state index is 8.95. The Kier molecular flexibility index (Phi) is 3.20. The van der Waals surface area contributed by atoms with E-state index in [1.807, 2.05) is 19.8 Å². The fourth-order valence-electron chi connectivity index (χ4n) is 0.956. The summed E-state index contributed by atoms with van der Waals surface area (Å²) in [5.74, 6) is 1.32. The summed E-state index contributed by atoms with van der Waals surface area (Å²) >= 11 is 0. The molecule has 1 heteroatoms. The lowest BCUT2D eigenvalue weighted by atomic mass is 10.0. The molecule has 0 heterocycles. The minimum atomic E-state index is -0.171. The zero-order valence-electron chi connectivity index (χ0n) is 6.25. The molecule has 0 amide bonds. The molecule has 1 unspecified atom stereocenters. The second-order valence-electron chi connectivity index (χ2n) is 2.68. The van der Waals surface area contributed by atoms with Crippen LogP contribution in [0.5, 0.6) is 0 Å². The lowest BCUT2D eigenvalue weighted by Gasteiger charge is -2.08. The van der Waals surface area contributed by atoms with Gasteiger partial charge in [-0.1, -0.05) is 0 Å². The fraction of sp³-hybridized carbons (Fsp3) is 0.444. The highest BCUT2D eigenvalue weighted by atomic mass is 16.3. The van der Waals surface area contributed by atoms with Crippen LogP contribution in [0.3, 0.4) is 0 Å². The van der Waals surface area contributed by atoms with E-state index in [4.69, 9.17) is 5.11 Å². The van der Waals surface area contributed by atoms with Crippen LogP contribution in [0.4, 0.5) is 0 Å². The fourth-order valence-corrected chi connectivity index (χ4v) is 0.956. The molecule has 0 bridgehead atoms. The SMILES string of the molecule is CC(O)CC[C]1[CH][CH][CH][CH]1. The van der Waals surface area contributed by atoms with Crippen LogP contribution in [0.25, 0.3) is 0 Å². The number of hydrogen-bond donors (Lipinski definition) is 1. The molecule has 0 aliphatic heterocycles. The third-order valence-corrected chi connectivity index (χ3v) is 1.58. The molecule has 0 aromatic carbocycles. The quantitative estimate of drug-likeness (QED) is 0.625. The molecule has 1 aliphatic rings. The van der Waals surface area contributed by atoms with Gasteiger partial charge in [-0.15, -0.1) is 0 Å². The summed E-state index contributed by atoms with van der Waals surface area (Å²) in [7, 11) is 0. The predicted octanol–water partition coefficient (Wildman–Crippen LogP) is 1.55. The van der Waals surface area contributed by atoms with E-state index in [9.17, 15) is 0 Å². The van der Waals surface area contributed by atoms with Crippen molar-refractivity contribution < 1.29 is 5.11 Å². The van der Waals surface area contributed by atoms with Crippen molar-refractivity contribution in [1.82, 2.24) is 0 Å². The molecule has 1 fully saturated rings. The second-order valence-corrected chi connectivity index (χ2v) is 2.68. The van der Waals surface area contributed by atoms with Crippen molar-refractivity contribution in [2.45, 2.75) is 25.9 Å². The van der Waals surface area contributed by atoms with E-state index in [0.717, 1.165) is 12.8 Å². The van der Waals surface area contributed by atoms with Crippen LogP contribution in [-0.2, 0) is 0 Å². The van der Waals surface area contributed by atoms with Gasteiger partial charge in [-0.05, 0) is 51.4 Å². The van der Waals surface area contributed by atoms with Crippen molar-refractivity contribution in [2.24, 2.45) is 0 Å². The normalized spacial score (nSPS) is 23.4. The van der Waals surface area contributed by atoms with Crippen LogP contribution in [0, 0.1) is 31.6 Å². The highest BCUT2D eigenvalue weighted by Crippen LogP contribution is 2.27. The van der Waals surface area contributed by atoms with Crippen LogP contribution in [0.1, 0.15) is 19.8 Å². The lowest BCUT2D eigenvalue weighted by molar-refractivity contribution is 0.183. The highest BCUT2D eigenvalue weighted by molar-refractivity contribution is 5.34. The number of hydrogen-bond acceptors (Lipinski definition) is 1. The van der Waals surface area contributed by atoms with Gasteiger partial charge >= 0.3 is 0 Å². The van der Waals surface area contributed by atoms with E-state index in [1.165, 1.54) is 5.92 Å². The first kappa shape index (κ1) is 8.06. The van der Waals surface area contributed by atoms with Crippen LogP contribution in [0.2, 0.25) is 0 Å². The Balaban J connectivity index is 2.01. The molecular weight excluding hydrogens is 124 g/mol. The summed E-state index contributed by atoms with van der Waals surface area (Å²) in [5.41, 5.74) is 0. The molecule has 0 saturated heterocycles. The Bertz CT molecular complexity index is 82.7. The molecule has 1 atom stereocenters. The van der Waals surface area contributed by atoms with Gasteiger partial charge in [0, 0.05) is 0 Å². The molecular formula is C9H13O. The molecule has 1 saturated carbocycles. The Labute approximate surface area is 63.4 Å². The molecule has 55 valence electrons. The third kappa shape index (κ3) is 2.70. The third-order valence-electron chi connectivity index (χ3n) is 1.58. The van der Waals surface area contributed by atoms with Crippen LogP contribution >= 0.6 is 0 Å². The van der Waals surface area contributed by atoms with Gasteiger partial charge in [0.1, 0.15) is 0 Å². The second kappa shape index (κ2) is 3.97. The minimum Gasteiger partial charge on any atom is -0.393 e. The van der Waals surface area contributed by atoms with Crippen LogP contribution in [-0.4, -0.2) is 11.2 Å². The Morgan fingerprint density at radius 1 is 1.40 bits per heavy atom. The first-order valence-corrected chi connectivity index (χ1v) is 3.67. The first-order valence-electron chi connectivity index (χ1n) is 3.67. The summed E-state index contributed by atoms with van der Waals surface area (Å²) in [5, 5.41) is 8.95. The summed E-state index contributed by atoms with van der Waals surface area (Å²) in [4.78, 5) is 0. The van der Waals surface area contributed by atoms with Gasteiger partial charge in [0.05, 0.1) is 6.10 Å². The highest BCUT2D eigenvalue weighted by Gasteiger charge is 2.16. The van der Waals surface area contributed by atoms with Crippen molar-refractivity contribution in [1.29, 1.82) is 0 Å². The van der Waals surface area contributed by atoms with E-state index in [2.05, 4.69) is 12.8 Å². The van der Waals surface area contributed by atoms with Crippen molar-refractivity contribution >= 4 is 0 Å². The van der Waals surface area contributed by atoms with Gasteiger partial charge in [-0.25, -0.2) is 0 Å². The molecule has 0 aromatic rings. The van der Waals surface area contributed by atoms with Gasteiger partial charge in [-0.2, -0.15) is 0 Å². The van der Waals surface area contributed by atoms with Crippen molar-refractivity contribution in [2.75, 3.05) is 0 Å². The maximum Gasteiger partial charge on any atom is 0.0512 e. The van der Waals surface area contributed by atoms with Gasteiger partial charge in [-0.3, -0.25) is 0 Å². The largest absolute Gasteiger partial charge is 0.393 e. The van der Waals surface area contributed by atoms with Crippen molar-refractivity contribution in [3.05, 3.63) is 31.6 Å². The molecule has 10 heavy (non-hydrogen) atoms. The van der Waals surface area contributed by atoms with E-state index in [1.54, 1.807) is 0 Å². The van der Waals surface area contributed by atoms with E-state index in [-0.39, 0.29) is 6.10 Å². The molecule has 0 spiro atoms. The van der Waals surface area contributed by atoms with Crippen molar-refractivity contribution in [3.63, 3.8) is 0 Å². The maximum absolute atomic E-state index is 8.95. The average molecular weight is 137 g/mol. The topological polar surface area (TPSA) is 20.2 Å². The zero-order chi connectivity index (χ0) is 7.40. The molecule has 1 aliphatic carbocycles. The summed E-state index contributed by atoms with van der Waals surface area (Å²) in [6.45, 7) is 1.82. The Hall–Kier alpha value is -0.0400. The van der Waals surface area contributed by atoms with Gasteiger partial charge in [0.15, 0.2) is 0 Å². The Morgan fingerprint density at radius 3 is 2.50 bits per heavy atom. The minimum absolute atomic E-state index is 0.171. The van der Waals surface area contributed by atoms with Crippen LogP contribution < -0.4 is 0 Å². The van der Waals surface area contributed by atoms with E-state index in [0.29, 0.717) is 0 Å². The standard InChI is InChI=1S/C9H13O/c1-8(10)6-7-9-4-2-3-5-9/h2-5,8,10H,6-7H2,1H3. The zero-order valence-corrected chi connectivity index (χ0v) is 6.25. The van der Waals surface area contributed by atoms with Gasteiger partial charge < -0.3 is 5.11 Å². The monoisotopic (exact) mass is 137 g/mol. The molecule has 1 rings (SSSR count). The lowest BCUT2D eigenvalue weighted by Crippen LogP contribution is -2.02. The van der Waals surface area contributed by atoms with Gasteiger partial charge in [0.2, 0.25) is 0 Å². The number of rotatable bonds is 3. The van der Waals surface area contributed by atoms with E-state index < -0.39 is 0 Å². The smallest absolute Gasteiger partial charge is 0.0512 e.